The van der Waals surface area contributed by atoms with Crippen molar-refractivity contribution in [3.05, 3.63) is 58.2 Å². The summed E-state index contributed by atoms with van der Waals surface area (Å²) in [7, 11) is 1.62. The molecular weight excluding hydrogens is 857 g/mol. The van der Waals surface area contributed by atoms with Crippen LogP contribution in [0.5, 0.6) is 0 Å². The maximum absolute atomic E-state index is 14.7. The van der Waals surface area contributed by atoms with Crippen molar-refractivity contribution in [3.8, 4) is 22.5 Å². The van der Waals surface area contributed by atoms with Gasteiger partial charge in [0.2, 0.25) is 11.8 Å². The van der Waals surface area contributed by atoms with Crippen molar-refractivity contribution in [3.63, 3.8) is 0 Å². The third-order valence-electron chi connectivity index (χ3n) is 13.5. The third kappa shape index (κ3) is 9.56. The number of benzene rings is 1. The molecule has 4 aliphatic rings. The smallest absolute Gasteiger partial charge is 0.324 e. The maximum Gasteiger partial charge on any atom is 0.324 e. The SMILES string of the molecule is CCn1c(-c2cccnc2C(C)C)c2c3cc(ccc31)-c1csc(n1)C[C@H](NC(=O)[C@H](C(C)C)N(C)C(=O)N1CCN(C(=O)[C@H]3CN3)[C@@H](C)C1)C(=O)N1CCC[C@H](N1)C(=O)OCC(C)(C)C2. The Labute approximate surface area is 391 Å². The fraction of sp³-hybridized carbons (Fsp3) is 0.571. The van der Waals surface area contributed by atoms with Gasteiger partial charge in [-0.3, -0.25) is 29.2 Å². The number of hydrazine groups is 1. The molecule has 4 aliphatic heterocycles. The van der Waals surface area contributed by atoms with Gasteiger partial charge in [-0.05, 0) is 74.8 Å². The lowest BCUT2D eigenvalue weighted by molar-refractivity contribution is -0.155. The van der Waals surface area contributed by atoms with Crippen LogP contribution in [0.4, 0.5) is 4.79 Å². The van der Waals surface area contributed by atoms with E-state index in [-0.39, 0.29) is 48.9 Å². The summed E-state index contributed by atoms with van der Waals surface area (Å²) in [5.41, 5.74) is 9.81. The number of aryl methyl sites for hydroxylation is 1. The number of aromatic nitrogens is 3. The number of cyclic esters (lactones) is 1. The molecule has 8 rings (SSSR count). The number of urea groups is 1. The fourth-order valence-electron chi connectivity index (χ4n) is 10.0. The number of hydrogen-bond donors (Lipinski definition) is 3. The Morgan fingerprint density at radius 3 is 2.56 bits per heavy atom. The highest BCUT2D eigenvalue weighted by atomic mass is 32.1. The number of carbonyl (C=O) groups is 5. The first-order valence-electron chi connectivity index (χ1n) is 23.6. The van der Waals surface area contributed by atoms with Crippen LogP contribution in [0, 0.1) is 11.3 Å². The van der Waals surface area contributed by atoms with E-state index < -0.39 is 41.3 Å². The number of nitrogens with one attached hydrogen (secondary N) is 3. The van der Waals surface area contributed by atoms with Gasteiger partial charge in [0.05, 0.1) is 34.7 Å². The van der Waals surface area contributed by atoms with Crippen LogP contribution in [0.3, 0.4) is 0 Å². The van der Waals surface area contributed by atoms with E-state index in [2.05, 4.69) is 79.5 Å². The molecule has 0 aliphatic carbocycles. The molecule has 0 spiro atoms. The second kappa shape index (κ2) is 19.1. The number of nitrogens with zero attached hydrogens (tertiary/aromatic N) is 7. The molecule has 16 nitrogen and oxygen atoms in total. The van der Waals surface area contributed by atoms with Crippen molar-refractivity contribution in [1.29, 1.82) is 0 Å². The molecule has 0 radical (unpaired) electrons. The fourth-order valence-corrected chi connectivity index (χ4v) is 10.9. The van der Waals surface area contributed by atoms with Gasteiger partial charge >= 0.3 is 12.0 Å². The van der Waals surface area contributed by atoms with E-state index in [1.54, 1.807) is 11.9 Å². The number of piperazine rings is 1. The Morgan fingerprint density at radius 1 is 1.09 bits per heavy atom. The number of hydrogen-bond acceptors (Lipinski definition) is 11. The summed E-state index contributed by atoms with van der Waals surface area (Å²) in [5, 5.41) is 11.3. The molecule has 5 amide bonds. The molecule has 4 aromatic rings. The zero-order valence-electron chi connectivity index (χ0n) is 39.8. The Kier molecular flexibility index (Phi) is 13.6. The topological polar surface area (TPSA) is 184 Å². The predicted octanol–water partition coefficient (Wildman–Crippen LogP) is 5.20. The zero-order valence-corrected chi connectivity index (χ0v) is 40.7. The molecule has 0 saturated carbocycles. The molecule has 1 aromatic carbocycles. The van der Waals surface area contributed by atoms with Crippen LogP contribution in [0.2, 0.25) is 0 Å². The Morgan fingerprint density at radius 2 is 1.86 bits per heavy atom. The van der Waals surface area contributed by atoms with E-state index in [4.69, 9.17) is 14.7 Å². The van der Waals surface area contributed by atoms with Gasteiger partial charge in [0.1, 0.15) is 18.1 Å². The average Bonchev–Trinajstić information content (AvgIpc) is 3.97. The zero-order chi connectivity index (χ0) is 47.2. The Hall–Kier alpha value is -5.39. The lowest BCUT2D eigenvalue weighted by atomic mass is 9.84. The van der Waals surface area contributed by atoms with Gasteiger partial charge in [-0.15, -0.1) is 11.3 Å². The van der Waals surface area contributed by atoms with Crippen LogP contribution in [0.25, 0.3) is 33.4 Å². The summed E-state index contributed by atoms with van der Waals surface area (Å²) in [6, 6.07) is 7.17. The van der Waals surface area contributed by atoms with Crippen LogP contribution in [-0.2, 0) is 43.3 Å². The van der Waals surface area contributed by atoms with Gasteiger partial charge in [0, 0.05) is 97.8 Å². The number of pyridine rings is 1. The highest BCUT2D eigenvalue weighted by Crippen LogP contribution is 2.42. The molecule has 3 N–H and O–H groups in total. The monoisotopic (exact) mass is 922 g/mol. The van der Waals surface area contributed by atoms with Gasteiger partial charge in [-0.1, -0.05) is 47.6 Å². The quantitative estimate of drug-likeness (QED) is 0.157. The van der Waals surface area contributed by atoms with Gasteiger partial charge < -0.3 is 34.6 Å². The molecule has 3 saturated heterocycles. The summed E-state index contributed by atoms with van der Waals surface area (Å²) in [6.45, 7) is 19.4. The highest BCUT2D eigenvalue weighted by Gasteiger charge is 2.41. The van der Waals surface area contributed by atoms with E-state index in [0.29, 0.717) is 57.0 Å². The van der Waals surface area contributed by atoms with Crippen LogP contribution in [0.15, 0.2) is 41.9 Å². The van der Waals surface area contributed by atoms with Crippen molar-refractivity contribution >= 4 is 52.0 Å². The largest absolute Gasteiger partial charge is 0.464 e. The Balaban J connectivity index is 1.12. The number of esters is 1. The van der Waals surface area contributed by atoms with E-state index >= 15 is 0 Å². The van der Waals surface area contributed by atoms with Gasteiger partial charge in [-0.2, -0.15) is 0 Å². The number of ether oxygens (including phenoxy) is 1. The molecule has 66 heavy (non-hydrogen) atoms. The first-order chi connectivity index (χ1) is 31.5. The minimum absolute atomic E-state index is 0.0485. The first-order valence-corrected chi connectivity index (χ1v) is 24.5. The summed E-state index contributed by atoms with van der Waals surface area (Å²) in [4.78, 5) is 84.9. The standard InChI is InChI=1S/C49H66N10O6S/c1-10-57-39-16-15-31-21-33(39)34(43(57)32-13-11-17-50-41(32)28(2)3)23-49(7,8)27-65-47(63)35-14-12-18-59(54-35)46(62)36(22-40-52-38(31)26-66-40)53-44(60)42(29(4)5)55(9)48(64)56-19-20-58(30(6)25-56)45(61)37-24-51-37/h11,13,15-17,21,26,28-30,35-37,42,51,54H,10,12,14,18-20,22-25,27H2,1-9H3,(H,53,60)/t30-,35-,36-,37+,42-/m0/s1. The molecule has 0 unspecified atom stereocenters. The summed E-state index contributed by atoms with van der Waals surface area (Å²) < 4.78 is 8.48. The van der Waals surface area contributed by atoms with Crippen molar-refractivity contribution in [2.75, 3.05) is 46.4 Å². The lowest BCUT2D eigenvalue weighted by Crippen LogP contribution is -2.63. The van der Waals surface area contributed by atoms with Crippen molar-refractivity contribution < 1.29 is 28.7 Å². The van der Waals surface area contributed by atoms with Gasteiger partial charge in [0.25, 0.3) is 5.91 Å². The highest BCUT2D eigenvalue weighted by molar-refractivity contribution is 7.10. The minimum atomic E-state index is -1.07. The molecule has 3 fully saturated rings. The second-order valence-corrected chi connectivity index (χ2v) is 20.9. The summed E-state index contributed by atoms with van der Waals surface area (Å²) in [5.74, 6) is -1.40. The molecule has 3 aromatic heterocycles. The molecule has 7 heterocycles. The number of fused-ring (bicyclic) bond motifs is 6. The lowest BCUT2D eigenvalue weighted by Gasteiger charge is -2.42. The van der Waals surface area contributed by atoms with Crippen LogP contribution in [0.1, 0.15) is 90.4 Å². The normalized spacial score (nSPS) is 22.9. The summed E-state index contributed by atoms with van der Waals surface area (Å²) in [6.07, 6.45) is 3.59. The van der Waals surface area contributed by atoms with Crippen LogP contribution < -0.4 is 16.1 Å². The molecule has 5 atom stereocenters. The van der Waals surface area contributed by atoms with Crippen LogP contribution >= 0.6 is 11.3 Å². The molecule has 17 heteroatoms. The number of thiazole rings is 1. The van der Waals surface area contributed by atoms with E-state index in [9.17, 15) is 24.0 Å². The van der Waals surface area contributed by atoms with Crippen LogP contribution in [-0.4, -0.2) is 141 Å². The van der Waals surface area contributed by atoms with Gasteiger partial charge in [-0.25, -0.2) is 15.2 Å². The first kappa shape index (κ1) is 47.1. The molecular formula is C49H66N10O6S. The van der Waals surface area contributed by atoms with E-state index in [1.807, 2.05) is 43.3 Å². The predicted molar refractivity (Wildman–Crippen MR) is 254 cm³/mol. The third-order valence-corrected chi connectivity index (χ3v) is 14.3. The van der Waals surface area contributed by atoms with Crippen molar-refractivity contribution in [2.45, 2.75) is 124 Å². The second-order valence-electron chi connectivity index (χ2n) is 19.9. The molecule has 6 bridgehead atoms. The van der Waals surface area contributed by atoms with E-state index in [0.717, 1.165) is 51.2 Å². The number of likely N-dealkylation sites (N-methyl/N-ethyl adjacent to an activating group) is 1. The summed E-state index contributed by atoms with van der Waals surface area (Å²) >= 11 is 1.42. The molecule has 354 valence electrons. The van der Waals surface area contributed by atoms with E-state index in [1.165, 1.54) is 21.2 Å². The number of amides is 5. The minimum Gasteiger partial charge on any atom is -0.464 e. The maximum atomic E-state index is 14.7. The van der Waals surface area contributed by atoms with Crippen molar-refractivity contribution in [1.82, 2.24) is 50.3 Å². The Bertz CT molecular complexity index is 2490. The average molecular weight is 923 g/mol. The number of carbonyl (C=O) groups excluding carboxylic acids is 5. The number of rotatable bonds is 8. The van der Waals surface area contributed by atoms with Gasteiger partial charge in [0.15, 0.2) is 0 Å². The van der Waals surface area contributed by atoms with Crippen molar-refractivity contribution in [2.24, 2.45) is 11.3 Å².